The predicted octanol–water partition coefficient (Wildman–Crippen LogP) is 3.76. The highest BCUT2D eigenvalue weighted by atomic mass is 79.9. The number of hydrogen-bond acceptors (Lipinski definition) is 6. The average molecular weight is 421 g/mol. The van der Waals surface area contributed by atoms with Crippen molar-refractivity contribution in [1.82, 2.24) is 10.3 Å². The number of aromatic nitrogens is 1. The second-order valence-corrected chi connectivity index (χ2v) is 6.87. The maximum absolute atomic E-state index is 11.7. The number of carbonyl (C=O) groups is 2. The summed E-state index contributed by atoms with van der Waals surface area (Å²) in [5.74, 6) is 0.641. The van der Waals surface area contributed by atoms with Gasteiger partial charge in [-0.1, -0.05) is 6.07 Å². The van der Waals surface area contributed by atoms with E-state index in [4.69, 9.17) is 9.47 Å². The molecule has 0 atom stereocenters. The summed E-state index contributed by atoms with van der Waals surface area (Å²) in [5.41, 5.74) is 1.50. The maximum atomic E-state index is 11.7. The first kappa shape index (κ1) is 17.5. The van der Waals surface area contributed by atoms with Crippen molar-refractivity contribution in [2.24, 2.45) is 0 Å². The van der Waals surface area contributed by atoms with Crippen molar-refractivity contribution in [2.75, 3.05) is 7.11 Å². The molecular weight excluding hydrogens is 408 g/mol. The first-order valence-electron chi connectivity index (χ1n) is 7.22. The quantitative estimate of drug-likeness (QED) is 0.741. The summed E-state index contributed by atoms with van der Waals surface area (Å²) < 4.78 is 11.9. The van der Waals surface area contributed by atoms with Crippen LogP contribution in [-0.4, -0.2) is 23.2 Å². The molecule has 2 amide bonds. The lowest BCUT2D eigenvalue weighted by molar-refractivity contribution is -0.115. The Bertz CT molecular complexity index is 855. The van der Waals surface area contributed by atoms with Crippen LogP contribution in [-0.2, 0) is 11.4 Å². The zero-order chi connectivity index (χ0) is 17.8. The van der Waals surface area contributed by atoms with Crippen molar-refractivity contribution in [3.05, 3.63) is 57.2 Å². The largest absolute Gasteiger partial charge is 0.493 e. The molecule has 0 saturated carbocycles. The summed E-state index contributed by atoms with van der Waals surface area (Å²) in [7, 11) is 1.53. The summed E-state index contributed by atoms with van der Waals surface area (Å²) in [6.07, 6.45) is 3.33. The van der Waals surface area contributed by atoms with E-state index in [1.807, 2.05) is 18.2 Å². The molecule has 1 aliphatic heterocycles. The smallest absolute Gasteiger partial charge is 0.290 e. The third-order valence-corrected chi connectivity index (χ3v) is 4.68. The molecule has 1 N–H and O–H groups in total. The number of benzene rings is 1. The Labute approximate surface area is 156 Å². The molecule has 0 bridgehead atoms. The number of amides is 2. The number of rotatable bonds is 5. The molecule has 1 aliphatic rings. The van der Waals surface area contributed by atoms with Gasteiger partial charge < -0.3 is 9.47 Å². The van der Waals surface area contributed by atoms with E-state index in [0.29, 0.717) is 33.0 Å². The van der Waals surface area contributed by atoms with Crippen LogP contribution in [0.25, 0.3) is 6.08 Å². The average Bonchev–Trinajstić information content (AvgIpc) is 2.91. The fourth-order valence-corrected chi connectivity index (χ4v) is 3.42. The zero-order valence-electron chi connectivity index (χ0n) is 13.1. The molecule has 2 heterocycles. The summed E-state index contributed by atoms with van der Waals surface area (Å²) in [4.78, 5) is 27.5. The second-order valence-electron chi connectivity index (χ2n) is 5.00. The fourth-order valence-electron chi connectivity index (χ4n) is 2.17. The highest BCUT2D eigenvalue weighted by Gasteiger charge is 2.25. The van der Waals surface area contributed by atoms with E-state index in [2.05, 4.69) is 26.2 Å². The lowest BCUT2D eigenvalue weighted by Crippen LogP contribution is -2.17. The number of thioether (sulfide) groups is 1. The number of methoxy groups -OCH3 is 1. The van der Waals surface area contributed by atoms with Gasteiger partial charge in [0.05, 0.1) is 22.2 Å². The van der Waals surface area contributed by atoms with Crippen LogP contribution in [0.2, 0.25) is 0 Å². The Morgan fingerprint density at radius 1 is 1.32 bits per heavy atom. The van der Waals surface area contributed by atoms with Crippen LogP contribution in [0, 0.1) is 0 Å². The SMILES string of the molecule is COc1cc(/C=C2/SC(=O)NC2=O)cc(Br)c1OCc1ccccn1. The minimum Gasteiger partial charge on any atom is -0.493 e. The monoisotopic (exact) mass is 420 g/mol. The second kappa shape index (κ2) is 7.71. The van der Waals surface area contributed by atoms with Crippen LogP contribution in [0.1, 0.15) is 11.3 Å². The number of ether oxygens (including phenoxy) is 2. The molecule has 1 saturated heterocycles. The van der Waals surface area contributed by atoms with Gasteiger partial charge in [0, 0.05) is 6.20 Å². The van der Waals surface area contributed by atoms with Gasteiger partial charge in [0.25, 0.3) is 11.1 Å². The minimum absolute atomic E-state index is 0.295. The maximum Gasteiger partial charge on any atom is 0.290 e. The van der Waals surface area contributed by atoms with Crippen molar-refractivity contribution in [3.63, 3.8) is 0 Å². The number of pyridine rings is 1. The predicted molar refractivity (Wildman–Crippen MR) is 98.4 cm³/mol. The van der Waals surface area contributed by atoms with E-state index >= 15 is 0 Å². The normalized spacial score (nSPS) is 15.4. The zero-order valence-corrected chi connectivity index (χ0v) is 15.5. The molecule has 128 valence electrons. The van der Waals surface area contributed by atoms with Crippen molar-refractivity contribution < 1.29 is 19.1 Å². The van der Waals surface area contributed by atoms with E-state index in [9.17, 15) is 9.59 Å². The third kappa shape index (κ3) is 4.21. The Morgan fingerprint density at radius 3 is 2.80 bits per heavy atom. The van der Waals surface area contributed by atoms with Crippen LogP contribution in [0.5, 0.6) is 11.5 Å². The summed E-state index contributed by atoms with van der Waals surface area (Å²) >= 11 is 4.33. The molecule has 25 heavy (non-hydrogen) atoms. The Kier molecular flexibility index (Phi) is 5.40. The summed E-state index contributed by atoms with van der Waals surface area (Å²) in [6, 6.07) is 9.12. The van der Waals surface area contributed by atoms with Gasteiger partial charge in [0.1, 0.15) is 6.61 Å². The first-order valence-corrected chi connectivity index (χ1v) is 8.83. The number of carbonyl (C=O) groups excluding carboxylic acids is 2. The Hall–Kier alpha value is -2.32. The molecule has 0 radical (unpaired) electrons. The molecule has 8 heteroatoms. The van der Waals surface area contributed by atoms with Crippen LogP contribution >= 0.6 is 27.7 Å². The van der Waals surface area contributed by atoms with Crippen LogP contribution in [0.4, 0.5) is 4.79 Å². The molecule has 0 unspecified atom stereocenters. The number of nitrogens with one attached hydrogen (secondary N) is 1. The van der Waals surface area contributed by atoms with E-state index in [1.54, 1.807) is 24.4 Å². The molecule has 0 spiro atoms. The fraction of sp³-hybridized carbons (Fsp3) is 0.118. The minimum atomic E-state index is -0.402. The number of hydrogen-bond donors (Lipinski definition) is 1. The van der Waals surface area contributed by atoms with Gasteiger partial charge in [0.2, 0.25) is 0 Å². The molecule has 1 aromatic heterocycles. The van der Waals surface area contributed by atoms with Crippen LogP contribution < -0.4 is 14.8 Å². The molecular formula is C17H13BrN2O4S. The van der Waals surface area contributed by atoms with E-state index < -0.39 is 5.91 Å². The van der Waals surface area contributed by atoms with Gasteiger partial charge >= 0.3 is 0 Å². The van der Waals surface area contributed by atoms with Crippen molar-refractivity contribution in [1.29, 1.82) is 0 Å². The van der Waals surface area contributed by atoms with Crippen molar-refractivity contribution >= 4 is 44.9 Å². The van der Waals surface area contributed by atoms with E-state index in [0.717, 1.165) is 17.5 Å². The molecule has 2 aromatic rings. The molecule has 1 fully saturated rings. The topological polar surface area (TPSA) is 77.5 Å². The van der Waals surface area contributed by atoms with Gasteiger partial charge in [0.15, 0.2) is 11.5 Å². The molecule has 1 aromatic carbocycles. The van der Waals surface area contributed by atoms with Gasteiger partial charge in [-0.3, -0.25) is 19.9 Å². The summed E-state index contributed by atoms with van der Waals surface area (Å²) in [5, 5.41) is 1.85. The standard InChI is InChI=1S/C17H13BrN2O4S/c1-23-13-7-10(8-14-16(21)20-17(22)25-14)6-12(18)15(13)24-9-11-4-2-3-5-19-11/h2-8H,9H2,1H3,(H,20,21,22)/b14-8+. The van der Waals surface area contributed by atoms with Crippen molar-refractivity contribution in [3.8, 4) is 11.5 Å². The molecule has 6 nitrogen and oxygen atoms in total. The Balaban J connectivity index is 1.85. The third-order valence-electron chi connectivity index (χ3n) is 3.28. The lowest BCUT2D eigenvalue weighted by Gasteiger charge is -2.13. The highest BCUT2D eigenvalue weighted by Crippen LogP contribution is 2.38. The van der Waals surface area contributed by atoms with Gasteiger partial charge in [-0.15, -0.1) is 0 Å². The summed E-state index contributed by atoms with van der Waals surface area (Å²) in [6.45, 7) is 0.295. The van der Waals surface area contributed by atoms with Crippen LogP contribution in [0.15, 0.2) is 45.9 Å². The first-order chi connectivity index (χ1) is 12.1. The van der Waals surface area contributed by atoms with Gasteiger partial charge in [-0.05, 0) is 63.6 Å². The number of nitrogens with zero attached hydrogens (tertiary/aromatic N) is 1. The van der Waals surface area contributed by atoms with E-state index in [-0.39, 0.29) is 5.24 Å². The van der Waals surface area contributed by atoms with Crippen LogP contribution in [0.3, 0.4) is 0 Å². The molecule has 0 aliphatic carbocycles. The number of halogens is 1. The lowest BCUT2D eigenvalue weighted by atomic mass is 10.2. The van der Waals surface area contributed by atoms with Gasteiger partial charge in [-0.2, -0.15) is 0 Å². The number of imide groups is 1. The highest BCUT2D eigenvalue weighted by molar-refractivity contribution is 9.10. The van der Waals surface area contributed by atoms with E-state index in [1.165, 1.54) is 7.11 Å². The Morgan fingerprint density at radius 2 is 2.16 bits per heavy atom. The van der Waals surface area contributed by atoms with Crippen molar-refractivity contribution in [2.45, 2.75) is 6.61 Å². The molecule has 3 rings (SSSR count). The van der Waals surface area contributed by atoms with Gasteiger partial charge in [-0.25, -0.2) is 0 Å².